The van der Waals surface area contributed by atoms with E-state index in [2.05, 4.69) is 5.32 Å². The standard InChI is InChI=1S/C19H25N3O3S/c1-13(18-10-14-6-7-16(18)8-14)21-19(23)12-22(26(2,24)25)17-5-3-4-15(9-17)11-20/h3-5,9,13-14,16,18H,6-8,10,12H2,1-2H3,(H,21,23)/t13-,14-,16-,18+/m1/s1. The van der Waals surface area contributed by atoms with Gasteiger partial charge in [-0.1, -0.05) is 12.5 Å². The SMILES string of the molecule is C[C@@H](NC(=O)CN(c1cccc(C#N)c1)S(C)(=O)=O)[C@@H]1C[C@@H]2CC[C@@H]1C2. The quantitative estimate of drug-likeness (QED) is 0.826. The summed E-state index contributed by atoms with van der Waals surface area (Å²) in [5.74, 6) is 1.67. The molecular formula is C19H25N3O3S. The number of benzene rings is 1. The summed E-state index contributed by atoms with van der Waals surface area (Å²) < 4.78 is 25.4. The van der Waals surface area contributed by atoms with Gasteiger partial charge >= 0.3 is 0 Å². The Kier molecular flexibility index (Phi) is 5.24. The molecule has 1 aromatic carbocycles. The second kappa shape index (κ2) is 7.28. The van der Waals surface area contributed by atoms with Gasteiger partial charge in [-0.2, -0.15) is 5.26 Å². The third kappa shape index (κ3) is 4.01. The van der Waals surface area contributed by atoms with Crippen LogP contribution in [0.4, 0.5) is 5.69 Å². The Labute approximate surface area is 155 Å². The molecule has 4 atom stereocenters. The van der Waals surface area contributed by atoms with Crippen LogP contribution in [-0.2, 0) is 14.8 Å². The van der Waals surface area contributed by atoms with E-state index in [9.17, 15) is 13.2 Å². The fourth-order valence-electron chi connectivity index (χ4n) is 4.57. The summed E-state index contributed by atoms with van der Waals surface area (Å²) in [6.07, 6.45) is 6.04. The number of carbonyl (C=O) groups is 1. The molecule has 2 saturated carbocycles. The summed E-state index contributed by atoms with van der Waals surface area (Å²) in [5, 5.41) is 12.0. The minimum absolute atomic E-state index is 0.0460. The lowest BCUT2D eigenvalue weighted by molar-refractivity contribution is -0.120. The van der Waals surface area contributed by atoms with Crippen molar-refractivity contribution in [3.63, 3.8) is 0 Å². The summed E-state index contributed by atoms with van der Waals surface area (Å²) >= 11 is 0. The van der Waals surface area contributed by atoms with Gasteiger partial charge in [-0.05, 0) is 62.1 Å². The topological polar surface area (TPSA) is 90.3 Å². The molecule has 2 fully saturated rings. The zero-order valence-corrected chi connectivity index (χ0v) is 16.0. The minimum Gasteiger partial charge on any atom is -0.352 e. The number of nitrogens with zero attached hydrogens (tertiary/aromatic N) is 2. The van der Waals surface area contributed by atoms with E-state index in [-0.39, 0.29) is 18.5 Å². The van der Waals surface area contributed by atoms with Crippen molar-refractivity contribution >= 4 is 21.6 Å². The van der Waals surface area contributed by atoms with Gasteiger partial charge in [-0.25, -0.2) is 8.42 Å². The zero-order valence-electron chi connectivity index (χ0n) is 15.2. The number of carbonyl (C=O) groups excluding carboxylic acids is 1. The molecule has 140 valence electrons. The van der Waals surface area contributed by atoms with Crippen LogP contribution >= 0.6 is 0 Å². The summed E-state index contributed by atoms with van der Waals surface area (Å²) in [4.78, 5) is 12.5. The van der Waals surface area contributed by atoms with E-state index in [1.807, 2.05) is 13.0 Å². The van der Waals surface area contributed by atoms with Crippen molar-refractivity contribution in [3.8, 4) is 6.07 Å². The maximum Gasteiger partial charge on any atom is 0.240 e. The van der Waals surface area contributed by atoms with Crippen LogP contribution in [-0.4, -0.2) is 33.2 Å². The number of anilines is 1. The lowest BCUT2D eigenvalue weighted by atomic mass is 9.84. The molecule has 3 rings (SSSR count). The molecule has 26 heavy (non-hydrogen) atoms. The van der Waals surface area contributed by atoms with E-state index in [1.54, 1.807) is 18.2 Å². The van der Waals surface area contributed by atoms with Gasteiger partial charge in [-0.15, -0.1) is 0 Å². The first-order chi connectivity index (χ1) is 12.3. The van der Waals surface area contributed by atoms with Crippen LogP contribution in [0.15, 0.2) is 24.3 Å². The molecule has 2 aliphatic carbocycles. The monoisotopic (exact) mass is 375 g/mol. The number of hydrogen-bond acceptors (Lipinski definition) is 4. The van der Waals surface area contributed by atoms with Gasteiger partial charge in [0.05, 0.1) is 23.6 Å². The smallest absolute Gasteiger partial charge is 0.240 e. The van der Waals surface area contributed by atoms with Crippen molar-refractivity contribution in [1.82, 2.24) is 5.32 Å². The van der Waals surface area contributed by atoms with Gasteiger partial charge < -0.3 is 5.32 Å². The molecule has 1 N–H and O–H groups in total. The highest BCUT2D eigenvalue weighted by atomic mass is 32.2. The summed E-state index contributed by atoms with van der Waals surface area (Å²) in [7, 11) is -3.64. The first kappa shape index (κ1) is 18.7. The first-order valence-corrected chi connectivity index (χ1v) is 10.9. The van der Waals surface area contributed by atoms with Gasteiger partial charge in [0.15, 0.2) is 0 Å². The average Bonchev–Trinajstić information content (AvgIpc) is 3.22. The third-order valence-electron chi connectivity index (χ3n) is 5.77. The Morgan fingerprint density at radius 3 is 2.73 bits per heavy atom. The van der Waals surface area contributed by atoms with E-state index in [0.717, 1.165) is 22.9 Å². The van der Waals surface area contributed by atoms with E-state index in [4.69, 9.17) is 5.26 Å². The first-order valence-electron chi connectivity index (χ1n) is 9.05. The van der Waals surface area contributed by atoms with Crippen LogP contribution in [0.5, 0.6) is 0 Å². The fraction of sp³-hybridized carbons (Fsp3) is 0.579. The van der Waals surface area contributed by atoms with Crippen LogP contribution < -0.4 is 9.62 Å². The number of fused-ring (bicyclic) bond motifs is 2. The van der Waals surface area contributed by atoms with Crippen LogP contribution in [0, 0.1) is 29.1 Å². The molecule has 0 heterocycles. The molecule has 0 aromatic heterocycles. The van der Waals surface area contributed by atoms with E-state index in [1.165, 1.54) is 25.3 Å². The van der Waals surface area contributed by atoms with Gasteiger partial charge in [0.1, 0.15) is 6.54 Å². The number of sulfonamides is 1. The Bertz CT molecular complexity index is 831. The van der Waals surface area contributed by atoms with Crippen molar-refractivity contribution in [2.45, 2.75) is 38.6 Å². The lowest BCUT2D eigenvalue weighted by Gasteiger charge is -2.29. The molecule has 2 bridgehead atoms. The van der Waals surface area contributed by atoms with Gasteiger partial charge in [0.25, 0.3) is 0 Å². The second-order valence-corrected chi connectivity index (χ2v) is 9.53. The highest BCUT2D eigenvalue weighted by Crippen LogP contribution is 2.49. The Hall–Kier alpha value is -2.07. The largest absolute Gasteiger partial charge is 0.352 e. The zero-order chi connectivity index (χ0) is 18.9. The molecule has 0 spiro atoms. The van der Waals surface area contributed by atoms with Crippen LogP contribution in [0.3, 0.4) is 0 Å². The number of nitrogens with one attached hydrogen (secondary N) is 1. The van der Waals surface area contributed by atoms with E-state index < -0.39 is 10.0 Å². The van der Waals surface area contributed by atoms with Crippen molar-refractivity contribution in [3.05, 3.63) is 29.8 Å². The van der Waals surface area contributed by atoms with Crippen LogP contribution in [0.1, 0.15) is 38.2 Å². The highest BCUT2D eigenvalue weighted by Gasteiger charge is 2.42. The number of hydrogen-bond donors (Lipinski definition) is 1. The molecule has 0 radical (unpaired) electrons. The fourth-order valence-corrected chi connectivity index (χ4v) is 5.42. The number of nitriles is 1. The second-order valence-electron chi connectivity index (χ2n) is 7.63. The van der Waals surface area contributed by atoms with Gasteiger partial charge in [-0.3, -0.25) is 9.10 Å². The summed E-state index contributed by atoms with van der Waals surface area (Å²) in [5.41, 5.74) is 0.682. The predicted octanol–water partition coefficient (Wildman–Crippen LogP) is 2.27. The lowest BCUT2D eigenvalue weighted by Crippen LogP contribution is -2.46. The highest BCUT2D eigenvalue weighted by molar-refractivity contribution is 7.92. The van der Waals surface area contributed by atoms with Crippen LogP contribution in [0.2, 0.25) is 0 Å². The van der Waals surface area contributed by atoms with Crippen molar-refractivity contribution in [2.75, 3.05) is 17.1 Å². The van der Waals surface area contributed by atoms with Crippen molar-refractivity contribution in [1.29, 1.82) is 5.26 Å². The predicted molar refractivity (Wildman–Crippen MR) is 99.9 cm³/mol. The molecule has 1 amide bonds. The molecule has 2 aliphatic rings. The summed E-state index contributed by atoms with van der Waals surface area (Å²) in [6.45, 7) is 1.74. The Morgan fingerprint density at radius 1 is 1.38 bits per heavy atom. The minimum atomic E-state index is -3.64. The molecular weight excluding hydrogens is 350 g/mol. The molecule has 0 aliphatic heterocycles. The molecule has 0 unspecified atom stereocenters. The van der Waals surface area contributed by atoms with Crippen molar-refractivity contribution < 1.29 is 13.2 Å². The number of rotatable bonds is 6. The number of amides is 1. The maximum atomic E-state index is 12.5. The van der Waals surface area contributed by atoms with Crippen molar-refractivity contribution in [2.24, 2.45) is 17.8 Å². The normalized spacial score (nSPS) is 25.5. The summed E-state index contributed by atoms with van der Waals surface area (Å²) in [6, 6.07) is 8.32. The third-order valence-corrected chi connectivity index (χ3v) is 6.92. The van der Waals surface area contributed by atoms with E-state index >= 15 is 0 Å². The Balaban J connectivity index is 1.69. The van der Waals surface area contributed by atoms with Gasteiger partial charge in [0, 0.05) is 6.04 Å². The molecule has 7 heteroatoms. The molecule has 0 saturated heterocycles. The Morgan fingerprint density at radius 2 is 2.15 bits per heavy atom. The van der Waals surface area contributed by atoms with E-state index in [0.29, 0.717) is 23.1 Å². The molecule has 1 aromatic rings. The molecule has 6 nitrogen and oxygen atoms in total. The van der Waals surface area contributed by atoms with Crippen LogP contribution in [0.25, 0.3) is 0 Å². The van der Waals surface area contributed by atoms with Gasteiger partial charge in [0.2, 0.25) is 15.9 Å². The maximum absolute atomic E-state index is 12.5. The average molecular weight is 375 g/mol.